The van der Waals surface area contributed by atoms with Crippen LogP contribution in [0.5, 0.6) is 5.75 Å². The van der Waals surface area contributed by atoms with E-state index in [1.165, 1.54) is 30.3 Å². The van der Waals surface area contributed by atoms with Gasteiger partial charge in [-0.3, -0.25) is 4.79 Å². The van der Waals surface area contributed by atoms with Crippen molar-refractivity contribution in [3.63, 3.8) is 0 Å². The van der Waals surface area contributed by atoms with Crippen molar-refractivity contribution in [3.8, 4) is 5.75 Å². The van der Waals surface area contributed by atoms with Crippen molar-refractivity contribution in [1.82, 2.24) is 0 Å². The van der Waals surface area contributed by atoms with Gasteiger partial charge in [0, 0.05) is 5.02 Å². The van der Waals surface area contributed by atoms with Crippen LogP contribution in [0.25, 0.3) is 0 Å². The lowest BCUT2D eigenvalue weighted by Gasteiger charge is -2.11. The van der Waals surface area contributed by atoms with Crippen molar-refractivity contribution in [3.05, 3.63) is 55.7 Å². The van der Waals surface area contributed by atoms with Crippen molar-refractivity contribution < 1.29 is 13.9 Å². The quantitative estimate of drug-likeness (QED) is 0.693. The lowest BCUT2D eigenvalue weighted by atomic mass is 10.3. The molecule has 0 fully saturated rings. The van der Waals surface area contributed by atoms with E-state index in [1.54, 1.807) is 0 Å². The second-order valence-electron chi connectivity index (χ2n) is 4.16. The summed E-state index contributed by atoms with van der Waals surface area (Å²) in [4.78, 5) is 11.9. The van der Waals surface area contributed by atoms with E-state index >= 15 is 0 Å². The van der Waals surface area contributed by atoms with Crippen molar-refractivity contribution >= 4 is 62.3 Å². The summed E-state index contributed by atoms with van der Waals surface area (Å²) in [5.41, 5.74) is 0.250. The highest BCUT2D eigenvalue weighted by atomic mass is 79.9. The van der Waals surface area contributed by atoms with Crippen LogP contribution in [0.3, 0.4) is 0 Å². The van der Waals surface area contributed by atoms with Gasteiger partial charge in [-0.1, -0.05) is 34.8 Å². The first-order valence-corrected chi connectivity index (χ1v) is 7.82. The first kappa shape index (κ1) is 17.3. The molecule has 0 atom stereocenters. The molecule has 0 aromatic heterocycles. The molecule has 116 valence electrons. The van der Waals surface area contributed by atoms with Crippen molar-refractivity contribution in [2.24, 2.45) is 0 Å². The van der Waals surface area contributed by atoms with Gasteiger partial charge in [0.25, 0.3) is 5.91 Å². The largest absolute Gasteiger partial charge is 0.483 e. The summed E-state index contributed by atoms with van der Waals surface area (Å²) in [7, 11) is 0. The molecule has 3 nitrogen and oxygen atoms in total. The topological polar surface area (TPSA) is 38.3 Å². The van der Waals surface area contributed by atoms with Crippen LogP contribution in [0.4, 0.5) is 10.1 Å². The van der Waals surface area contributed by atoms with Gasteiger partial charge in [0.2, 0.25) is 0 Å². The molecule has 1 N–H and O–H groups in total. The molecule has 0 aliphatic heterocycles. The zero-order valence-corrected chi connectivity index (χ0v) is 14.7. The summed E-state index contributed by atoms with van der Waals surface area (Å²) in [6, 6.07) is 6.80. The van der Waals surface area contributed by atoms with Gasteiger partial charge in [-0.2, -0.15) is 0 Å². The average molecular weight is 427 g/mol. The standard InChI is InChI=1S/C14H8BrCl3FNO2/c15-9-5-8(19)1-2-12(9)22-6-13(21)20-14-10(17)3-7(16)4-11(14)18/h1-5H,6H2,(H,20,21). The van der Waals surface area contributed by atoms with E-state index in [1.807, 2.05) is 0 Å². The predicted molar refractivity (Wildman–Crippen MR) is 89.7 cm³/mol. The van der Waals surface area contributed by atoms with Crippen LogP contribution in [0.15, 0.2) is 34.8 Å². The number of hydrogen-bond donors (Lipinski definition) is 1. The monoisotopic (exact) mass is 425 g/mol. The Hall–Kier alpha value is -1.01. The Kier molecular flexibility index (Phi) is 5.92. The molecule has 1 amide bonds. The zero-order chi connectivity index (χ0) is 16.3. The number of halogens is 5. The van der Waals surface area contributed by atoms with Crippen LogP contribution in [0.2, 0.25) is 15.1 Å². The summed E-state index contributed by atoms with van der Waals surface area (Å²) in [5.74, 6) is -0.546. The number of rotatable bonds is 4. The van der Waals surface area contributed by atoms with Gasteiger partial charge in [0.05, 0.1) is 20.2 Å². The molecule has 0 saturated heterocycles. The van der Waals surface area contributed by atoms with Crippen LogP contribution in [-0.2, 0) is 4.79 Å². The second-order valence-corrected chi connectivity index (χ2v) is 6.26. The summed E-state index contributed by atoms with van der Waals surface area (Å²) < 4.78 is 18.6. The number of nitrogens with one attached hydrogen (secondary N) is 1. The summed E-state index contributed by atoms with van der Waals surface area (Å²) >= 11 is 20.9. The minimum atomic E-state index is -0.470. The third-order valence-corrected chi connectivity index (χ3v) is 3.96. The molecule has 0 bridgehead atoms. The van der Waals surface area contributed by atoms with Gasteiger partial charge in [-0.05, 0) is 46.3 Å². The average Bonchev–Trinajstić information content (AvgIpc) is 2.42. The fourth-order valence-corrected chi connectivity index (χ4v) is 2.95. The molecule has 0 heterocycles. The maximum atomic E-state index is 13.0. The Morgan fingerprint density at radius 2 is 1.82 bits per heavy atom. The molecule has 0 spiro atoms. The molecule has 0 aliphatic rings. The van der Waals surface area contributed by atoms with Crippen molar-refractivity contribution in [2.45, 2.75) is 0 Å². The van der Waals surface area contributed by atoms with E-state index in [9.17, 15) is 9.18 Å². The third kappa shape index (κ3) is 4.49. The van der Waals surface area contributed by atoms with E-state index in [4.69, 9.17) is 39.5 Å². The molecule has 0 aliphatic carbocycles. The predicted octanol–water partition coefficient (Wildman–Crippen LogP) is 5.57. The van der Waals surface area contributed by atoms with Gasteiger partial charge < -0.3 is 10.1 Å². The number of ether oxygens (including phenoxy) is 1. The fourth-order valence-electron chi connectivity index (χ4n) is 1.57. The highest BCUT2D eigenvalue weighted by molar-refractivity contribution is 9.10. The van der Waals surface area contributed by atoms with Gasteiger partial charge in [-0.25, -0.2) is 4.39 Å². The van der Waals surface area contributed by atoms with Gasteiger partial charge >= 0.3 is 0 Å². The van der Waals surface area contributed by atoms with Gasteiger partial charge in [0.15, 0.2) is 6.61 Å². The third-order valence-electron chi connectivity index (χ3n) is 2.52. The molecular weight excluding hydrogens is 419 g/mol. The molecule has 8 heteroatoms. The molecular formula is C14H8BrCl3FNO2. The summed E-state index contributed by atoms with van der Waals surface area (Å²) in [6.07, 6.45) is 0. The van der Waals surface area contributed by atoms with Crippen LogP contribution in [0.1, 0.15) is 0 Å². The molecule has 0 unspecified atom stereocenters. The molecule has 2 aromatic carbocycles. The fraction of sp³-hybridized carbons (Fsp3) is 0.0714. The highest BCUT2D eigenvalue weighted by Crippen LogP contribution is 2.33. The number of amides is 1. The minimum Gasteiger partial charge on any atom is -0.483 e. The molecule has 2 aromatic rings. The summed E-state index contributed by atoms with van der Waals surface area (Å²) in [6.45, 7) is -0.292. The van der Waals surface area contributed by atoms with Gasteiger partial charge in [-0.15, -0.1) is 0 Å². The van der Waals surface area contributed by atoms with E-state index in [0.29, 0.717) is 15.2 Å². The molecule has 0 radical (unpaired) electrons. The number of benzene rings is 2. The van der Waals surface area contributed by atoms with Crippen molar-refractivity contribution in [2.75, 3.05) is 11.9 Å². The lowest BCUT2D eigenvalue weighted by Crippen LogP contribution is -2.20. The molecule has 2 rings (SSSR count). The summed E-state index contributed by atoms with van der Waals surface area (Å²) in [5, 5.41) is 3.32. The Labute approximate surface area is 149 Å². The van der Waals surface area contributed by atoms with E-state index in [0.717, 1.165) is 0 Å². The molecule has 22 heavy (non-hydrogen) atoms. The maximum Gasteiger partial charge on any atom is 0.262 e. The normalized spacial score (nSPS) is 10.4. The Bertz CT molecular complexity index is 704. The van der Waals surface area contributed by atoms with Crippen molar-refractivity contribution in [1.29, 1.82) is 0 Å². The Morgan fingerprint density at radius 1 is 1.18 bits per heavy atom. The number of carbonyl (C=O) groups is 1. The van der Waals surface area contributed by atoms with Crippen LogP contribution in [-0.4, -0.2) is 12.5 Å². The second kappa shape index (κ2) is 7.51. The van der Waals surface area contributed by atoms with E-state index in [-0.39, 0.29) is 22.3 Å². The minimum absolute atomic E-state index is 0.216. The number of carbonyl (C=O) groups excluding carboxylic acids is 1. The number of anilines is 1. The Morgan fingerprint density at radius 3 is 2.41 bits per heavy atom. The first-order chi connectivity index (χ1) is 10.4. The van der Waals surface area contributed by atoms with Crippen LogP contribution in [0, 0.1) is 5.82 Å². The lowest BCUT2D eigenvalue weighted by molar-refractivity contribution is -0.118. The maximum absolute atomic E-state index is 13.0. The molecule has 0 saturated carbocycles. The zero-order valence-electron chi connectivity index (χ0n) is 10.8. The first-order valence-electron chi connectivity index (χ1n) is 5.89. The van der Waals surface area contributed by atoms with E-state index in [2.05, 4.69) is 21.2 Å². The SMILES string of the molecule is O=C(COc1ccc(F)cc1Br)Nc1c(Cl)cc(Cl)cc1Cl. The Balaban J connectivity index is 2.02. The number of hydrogen-bond acceptors (Lipinski definition) is 2. The smallest absolute Gasteiger partial charge is 0.262 e. The van der Waals surface area contributed by atoms with Crippen LogP contribution >= 0.6 is 50.7 Å². The van der Waals surface area contributed by atoms with Gasteiger partial charge in [0.1, 0.15) is 11.6 Å². The highest BCUT2D eigenvalue weighted by Gasteiger charge is 2.12. The van der Waals surface area contributed by atoms with Crippen LogP contribution < -0.4 is 10.1 Å². The van der Waals surface area contributed by atoms with E-state index < -0.39 is 11.7 Å².